The largest absolute Gasteiger partial charge is 0.299 e. The predicted octanol–water partition coefficient (Wildman–Crippen LogP) is 1.35. The standard InChI is InChI=1S/C5H10N4/c1-9(2)5(3-4-5)7-8-6/h3-4H2,1-2H3. The van der Waals surface area contributed by atoms with Crippen molar-refractivity contribution in [2.75, 3.05) is 14.1 Å². The van der Waals surface area contributed by atoms with E-state index in [-0.39, 0.29) is 5.66 Å². The van der Waals surface area contributed by atoms with Crippen LogP contribution in [0.1, 0.15) is 12.8 Å². The second kappa shape index (κ2) is 1.90. The van der Waals surface area contributed by atoms with Crippen LogP contribution in [-0.4, -0.2) is 24.7 Å². The molecule has 0 unspecified atom stereocenters. The number of hydrogen-bond acceptors (Lipinski definition) is 2. The molecule has 0 heterocycles. The lowest BCUT2D eigenvalue weighted by Gasteiger charge is -2.16. The summed E-state index contributed by atoms with van der Waals surface area (Å²) >= 11 is 0. The fourth-order valence-electron chi connectivity index (χ4n) is 0.832. The molecule has 0 aliphatic heterocycles. The molecule has 0 N–H and O–H groups in total. The third-order valence-corrected chi connectivity index (χ3v) is 1.76. The summed E-state index contributed by atoms with van der Waals surface area (Å²) in [7, 11) is 3.86. The quantitative estimate of drug-likeness (QED) is 0.313. The molecule has 9 heavy (non-hydrogen) atoms. The first kappa shape index (κ1) is 6.39. The minimum atomic E-state index is -0.158. The van der Waals surface area contributed by atoms with Crippen molar-refractivity contribution in [3.63, 3.8) is 0 Å². The second-order valence-corrected chi connectivity index (χ2v) is 2.57. The van der Waals surface area contributed by atoms with Gasteiger partial charge in [-0.2, -0.15) is 0 Å². The molecule has 0 radical (unpaired) electrons. The SMILES string of the molecule is CN(C)C1(N=[N+]=[N-])CC1. The smallest absolute Gasteiger partial charge is 0.0996 e. The summed E-state index contributed by atoms with van der Waals surface area (Å²) in [5, 5.41) is 3.67. The van der Waals surface area contributed by atoms with Crippen LogP contribution in [-0.2, 0) is 0 Å². The van der Waals surface area contributed by atoms with Crippen molar-refractivity contribution in [3.8, 4) is 0 Å². The van der Waals surface area contributed by atoms with Crippen LogP contribution >= 0.6 is 0 Å². The lowest BCUT2D eigenvalue weighted by atomic mass is 10.5. The van der Waals surface area contributed by atoms with E-state index in [1.165, 1.54) is 0 Å². The first-order chi connectivity index (χ1) is 4.21. The summed E-state index contributed by atoms with van der Waals surface area (Å²) in [6.45, 7) is 0. The molecule has 0 spiro atoms. The molecular formula is C5H10N4. The predicted molar refractivity (Wildman–Crippen MR) is 34.8 cm³/mol. The Balaban J connectivity index is 2.63. The van der Waals surface area contributed by atoms with E-state index < -0.39 is 0 Å². The van der Waals surface area contributed by atoms with Crippen LogP contribution in [0.4, 0.5) is 0 Å². The first-order valence-electron chi connectivity index (χ1n) is 2.95. The lowest BCUT2D eigenvalue weighted by Crippen LogP contribution is -2.26. The highest BCUT2D eigenvalue weighted by Crippen LogP contribution is 2.41. The van der Waals surface area contributed by atoms with Gasteiger partial charge in [0.2, 0.25) is 0 Å². The minimum Gasteiger partial charge on any atom is -0.299 e. The van der Waals surface area contributed by atoms with Crippen molar-refractivity contribution >= 4 is 0 Å². The van der Waals surface area contributed by atoms with E-state index >= 15 is 0 Å². The molecule has 4 heteroatoms. The van der Waals surface area contributed by atoms with Crippen LogP contribution in [0.15, 0.2) is 5.11 Å². The Hall–Kier alpha value is -0.730. The normalized spacial score (nSPS) is 21.2. The third kappa shape index (κ3) is 0.992. The van der Waals surface area contributed by atoms with Gasteiger partial charge in [-0.25, -0.2) is 0 Å². The molecule has 1 fully saturated rings. The van der Waals surface area contributed by atoms with Gasteiger partial charge in [0.25, 0.3) is 0 Å². The minimum absolute atomic E-state index is 0.158. The molecule has 0 aromatic rings. The van der Waals surface area contributed by atoms with Gasteiger partial charge in [0.15, 0.2) is 0 Å². The number of hydrogen-bond donors (Lipinski definition) is 0. The molecule has 0 aromatic heterocycles. The highest BCUT2D eigenvalue weighted by molar-refractivity contribution is 4.99. The topological polar surface area (TPSA) is 52.0 Å². The van der Waals surface area contributed by atoms with E-state index in [9.17, 15) is 0 Å². The Morgan fingerprint density at radius 1 is 1.56 bits per heavy atom. The maximum absolute atomic E-state index is 8.12. The number of nitrogens with zero attached hydrogens (tertiary/aromatic N) is 4. The van der Waals surface area contributed by atoms with Gasteiger partial charge in [0.1, 0.15) is 0 Å². The zero-order chi connectivity index (χ0) is 6.91. The molecule has 50 valence electrons. The Bertz CT molecular complexity index is 152. The molecule has 4 nitrogen and oxygen atoms in total. The fourth-order valence-corrected chi connectivity index (χ4v) is 0.832. The van der Waals surface area contributed by atoms with Crippen LogP contribution in [0, 0.1) is 0 Å². The molecule has 1 saturated carbocycles. The Labute approximate surface area is 54.1 Å². The summed E-state index contributed by atoms with van der Waals surface area (Å²) in [4.78, 5) is 4.74. The molecule has 0 atom stereocenters. The van der Waals surface area contributed by atoms with Gasteiger partial charge in [-0.1, -0.05) is 5.11 Å². The summed E-state index contributed by atoms with van der Waals surface area (Å²) in [5.41, 5.74) is 7.96. The van der Waals surface area contributed by atoms with E-state index in [1.54, 1.807) is 0 Å². The van der Waals surface area contributed by atoms with Crippen molar-refractivity contribution in [2.24, 2.45) is 5.11 Å². The molecule has 1 aliphatic carbocycles. The van der Waals surface area contributed by atoms with E-state index in [4.69, 9.17) is 5.53 Å². The van der Waals surface area contributed by atoms with Crippen LogP contribution in [0.5, 0.6) is 0 Å². The summed E-state index contributed by atoms with van der Waals surface area (Å²) in [5.74, 6) is 0. The van der Waals surface area contributed by atoms with Crippen molar-refractivity contribution in [3.05, 3.63) is 10.4 Å². The summed E-state index contributed by atoms with van der Waals surface area (Å²) < 4.78 is 0. The first-order valence-corrected chi connectivity index (χ1v) is 2.95. The fraction of sp³-hybridized carbons (Fsp3) is 1.00. The van der Waals surface area contributed by atoms with Gasteiger partial charge in [0, 0.05) is 4.91 Å². The van der Waals surface area contributed by atoms with Gasteiger partial charge in [0.05, 0.1) is 5.66 Å². The van der Waals surface area contributed by atoms with Gasteiger partial charge in [-0.05, 0) is 32.5 Å². The Morgan fingerprint density at radius 3 is 2.22 bits per heavy atom. The van der Waals surface area contributed by atoms with Crippen LogP contribution in [0.3, 0.4) is 0 Å². The van der Waals surface area contributed by atoms with Gasteiger partial charge in [-0.15, -0.1) is 0 Å². The maximum Gasteiger partial charge on any atom is 0.0996 e. The Morgan fingerprint density at radius 2 is 2.11 bits per heavy atom. The maximum atomic E-state index is 8.12. The third-order valence-electron chi connectivity index (χ3n) is 1.76. The summed E-state index contributed by atoms with van der Waals surface area (Å²) in [6.07, 6.45) is 2.01. The summed E-state index contributed by atoms with van der Waals surface area (Å²) in [6, 6.07) is 0. The Kier molecular flexibility index (Phi) is 1.35. The average molecular weight is 126 g/mol. The molecule has 0 aromatic carbocycles. The molecule has 1 rings (SSSR count). The zero-order valence-corrected chi connectivity index (χ0v) is 5.70. The van der Waals surface area contributed by atoms with E-state index in [0.717, 1.165) is 12.8 Å². The van der Waals surface area contributed by atoms with Crippen molar-refractivity contribution in [1.29, 1.82) is 0 Å². The van der Waals surface area contributed by atoms with Crippen LogP contribution < -0.4 is 0 Å². The highest BCUT2D eigenvalue weighted by atomic mass is 15.4. The van der Waals surface area contributed by atoms with E-state index in [0.29, 0.717) is 0 Å². The molecule has 0 bridgehead atoms. The highest BCUT2D eigenvalue weighted by Gasteiger charge is 2.43. The van der Waals surface area contributed by atoms with Gasteiger partial charge < -0.3 is 0 Å². The van der Waals surface area contributed by atoms with Crippen molar-refractivity contribution in [1.82, 2.24) is 4.90 Å². The van der Waals surface area contributed by atoms with E-state index in [2.05, 4.69) is 10.0 Å². The lowest BCUT2D eigenvalue weighted by molar-refractivity contribution is 0.279. The van der Waals surface area contributed by atoms with Gasteiger partial charge >= 0.3 is 0 Å². The number of azide groups is 1. The van der Waals surface area contributed by atoms with Crippen molar-refractivity contribution in [2.45, 2.75) is 18.5 Å². The van der Waals surface area contributed by atoms with E-state index in [1.807, 2.05) is 19.0 Å². The van der Waals surface area contributed by atoms with Crippen molar-refractivity contribution < 1.29 is 0 Å². The molecular weight excluding hydrogens is 116 g/mol. The monoisotopic (exact) mass is 126 g/mol. The van der Waals surface area contributed by atoms with Crippen LogP contribution in [0.2, 0.25) is 0 Å². The van der Waals surface area contributed by atoms with Gasteiger partial charge in [-0.3, -0.25) is 4.90 Å². The second-order valence-electron chi connectivity index (χ2n) is 2.57. The number of rotatable bonds is 2. The molecule has 0 saturated heterocycles. The van der Waals surface area contributed by atoms with Crippen LogP contribution in [0.25, 0.3) is 10.4 Å². The average Bonchev–Trinajstić information content (AvgIpc) is 2.49. The molecule has 0 amide bonds. The molecule has 1 aliphatic rings. The zero-order valence-electron chi connectivity index (χ0n) is 5.70.